The van der Waals surface area contributed by atoms with Crippen molar-refractivity contribution < 1.29 is 9.13 Å². The Bertz CT molecular complexity index is 1130. The van der Waals surface area contributed by atoms with Crippen molar-refractivity contribution in [1.82, 2.24) is 15.0 Å². The third-order valence-corrected chi connectivity index (χ3v) is 6.15. The minimum atomic E-state index is -0.374. The molecule has 0 saturated carbocycles. The maximum atomic E-state index is 13.4. The number of ether oxygens (including phenoxy) is 1. The van der Waals surface area contributed by atoms with Crippen molar-refractivity contribution in [2.24, 2.45) is 0 Å². The van der Waals surface area contributed by atoms with Gasteiger partial charge in [-0.3, -0.25) is 4.98 Å². The number of nitrogens with zero attached hydrogens (tertiary/aromatic N) is 3. The van der Waals surface area contributed by atoms with Crippen LogP contribution < -0.4 is 10.1 Å². The number of fused-ring (bicyclic) bond motifs is 1. The lowest BCUT2D eigenvalue weighted by Crippen LogP contribution is -2.18. The zero-order valence-corrected chi connectivity index (χ0v) is 20.0. The van der Waals surface area contributed by atoms with Crippen LogP contribution in [-0.2, 0) is 0 Å². The van der Waals surface area contributed by atoms with Crippen LogP contribution in [0.2, 0.25) is 0 Å². The summed E-state index contributed by atoms with van der Waals surface area (Å²) in [6.45, 7) is 8.55. The number of pyridine rings is 1. The SMILES string of the molecule is CC/C=C(/C)S/C(=C/CC)C(C)Nc1ncnc2c(OC)cc(-c3ccc(F)cn3)cc12. The van der Waals surface area contributed by atoms with Gasteiger partial charge in [-0.05, 0) is 55.9 Å². The summed E-state index contributed by atoms with van der Waals surface area (Å²) in [5, 5.41) is 4.37. The number of rotatable bonds is 9. The molecule has 0 aliphatic heterocycles. The molecule has 1 atom stereocenters. The summed E-state index contributed by atoms with van der Waals surface area (Å²) < 4.78 is 19.0. The van der Waals surface area contributed by atoms with Crippen LogP contribution in [0.25, 0.3) is 22.2 Å². The van der Waals surface area contributed by atoms with Crippen LogP contribution in [-0.4, -0.2) is 28.1 Å². The first-order chi connectivity index (χ1) is 15.5. The predicted molar refractivity (Wildman–Crippen MR) is 132 cm³/mol. The van der Waals surface area contributed by atoms with E-state index < -0.39 is 0 Å². The minimum absolute atomic E-state index is 0.0526. The fourth-order valence-corrected chi connectivity index (χ4v) is 4.51. The Hall–Kier alpha value is -2.93. The van der Waals surface area contributed by atoms with Crippen molar-refractivity contribution in [2.75, 3.05) is 12.4 Å². The van der Waals surface area contributed by atoms with Gasteiger partial charge < -0.3 is 10.1 Å². The summed E-state index contributed by atoms with van der Waals surface area (Å²) in [5.41, 5.74) is 2.16. The highest BCUT2D eigenvalue weighted by Crippen LogP contribution is 2.35. The standard InChI is InChI=1S/C25H29FN4OS/c1-6-8-16(3)32-23(9-7-2)17(4)30-25-20-12-18(21-11-10-19(26)14-27-21)13-22(31-5)24(20)28-15-29-25/h8-15,17H,6-7H2,1-5H3,(H,28,29,30)/b16-8-,23-9+. The van der Waals surface area contributed by atoms with E-state index in [0.717, 1.165) is 23.8 Å². The van der Waals surface area contributed by atoms with Crippen LogP contribution in [0.15, 0.2) is 58.8 Å². The highest BCUT2D eigenvalue weighted by Gasteiger charge is 2.16. The Kier molecular flexibility index (Phi) is 8.22. The number of halogens is 1. The molecule has 32 heavy (non-hydrogen) atoms. The lowest BCUT2D eigenvalue weighted by atomic mass is 10.1. The lowest BCUT2D eigenvalue weighted by Gasteiger charge is -2.20. The fourth-order valence-electron chi connectivity index (χ4n) is 3.40. The third-order valence-electron chi connectivity index (χ3n) is 4.90. The van der Waals surface area contributed by atoms with E-state index in [4.69, 9.17) is 4.74 Å². The summed E-state index contributed by atoms with van der Waals surface area (Å²) in [5.74, 6) is 0.952. The second-order valence-electron chi connectivity index (χ2n) is 7.36. The second kappa shape index (κ2) is 11.1. The molecule has 0 bridgehead atoms. The summed E-state index contributed by atoms with van der Waals surface area (Å²) in [4.78, 5) is 15.7. The molecule has 1 N–H and O–H groups in total. The molecule has 0 saturated heterocycles. The quantitative estimate of drug-likeness (QED) is 0.378. The second-order valence-corrected chi connectivity index (χ2v) is 8.68. The summed E-state index contributed by atoms with van der Waals surface area (Å²) in [7, 11) is 1.61. The number of aromatic nitrogens is 3. The molecule has 3 rings (SSSR count). The first-order valence-corrected chi connectivity index (χ1v) is 11.5. The van der Waals surface area contributed by atoms with Crippen LogP contribution in [0.5, 0.6) is 5.75 Å². The fraction of sp³-hybridized carbons (Fsp3) is 0.320. The molecule has 0 radical (unpaired) electrons. The Morgan fingerprint density at radius 3 is 2.59 bits per heavy atom. The molecule has 0 spiro atoms. The number of anilines is 1. The van der Waals surface area contributed by atoms with E-state index in [9.17, 15) is 4.39 Å². The van der Waals surface area contributed by atoms with Gasteiger partial charge in [0, 0.05) is 15.9 Å². The van der Waals surface area contributed by atoms with Crippen molar-refractivity contribution in [3.63, 3.8) is 0 Å². The highest BCUT2D eigenvalue weighted by atomic mass is 32.2. The third kappa shape index (κ3) is 5.65. The minimum Gasteiger partial charge on any atom is -0.494 e. The van der Waals surface area contributed by atoms with Crippen molar-refractivity contribution in [2.45, 2.75) is 46.6 Å². The van der Waals surface area contributed by atoms with Crippen LogP contribution in [0.1, 0.15) is 40.5 Å². The van der Waals surface area contributed by atoms with E-state index in [2.05, 4.69) is 60.1 Å². The molecule has 2 aromatic heterocycles. The van der Waals surface area contributed by atoms with Gasteiger partial charge in [0.05, 0.1) is 25.0 Å². The summed E-state index contributed by atoms with van der Waals surface area (Å²) >= 11 is 1.78. The van der Waals surface area contributed by atoms with Crippen LogP contribution in [0.3, 0.4) is 0 Å². The molecule has 3 aromatic rings. The van der Waals surface area contributed by atoms with Gasteiger partial charge in [0.15, 0.2) is 0 Å². The monoisotopic (exact) mass is 452 g/mol. The van der Waals surface area contributed by atoms with Gasteiger partial charge in [0.25, 0.3) is 0 Å². The van der Waals surface area contributed by atoms with Gasteiger partial charge in [-0.1, -0.05) is 37.8 Å². The number of hydrogen-bond donors (Lipinski definition) is 1. The predicted octanol–water partition coefficient (Wildman–Crippen LogP) is 6.98. The van der Waals surface area contributed by atoms with Gasteiger partial charge in [0.1, 0.15) is 29.2 Å². The van der Waals surface area contributed by atoms with Crippen molar-refractivity contribution in [1.29, 1.82) is 0 Å². The number of nitrogens with one attached hydrogen (secondary N) is 1. The molecule has 0 aliphatic carbocycles. The first-order valence-electron chi connectivity index (χ1n) is 10.7. The van der Waals surface area contributed by atoms with Crippen LogP contribution in [0, 0.1) is 5.82 Å². The molecule has 2 heterocycles. The number of methoxy groups -OCH3 is 1. The van der Waals surface area contributed by atoms with E-state index in [1.807, 2.05) is 12.1 Å². The molecule has 1 unspecified atom stereocenters. The highest BCUT2D eigenvalue weighted by molar-refractivity contribution is 8.06. The van der Waals surface area contributed by atoms with Crippen LogP contribution >= 0.6 is 11.8 Å². The molecular formula is C25H29FN4OS. The first kappa shape index (κ1) is 23.7. The molecule has 7 heteroatoms. The Balaban J connectivity index is 2.02. The van der Waals surface area contributed by atoms with E-state index >= 15 is 0 Å². The number of allylic oxidation sites excluding steroid dienone is 3. The number of benzene rings is 1. The Morgan fingerprint density at radius 1 is 1.16 bits per heavy atom. The van der Waals surface area contributed by atoms with Gasteiger partial charge in [-0.15, -0.1) is 0 Å². The summed E-state index contributed by atoms with van der Waals surface area (Å²) in [6, 6.07) is 6.92. The van der Waals surface area contributed by atoms with Crippen molar-refractivity contribution >= 4 is 28.5 Å². The van der Waals surface area contributed by atoms with Crippen molar-refractivity contribution in [3.8, 4) is 17.0 Å². The largest absolute Gasteiger partial charge is 0.494 e. The maximum absolute atomic E-state index is 13.4. The van der Waals surface area contributed by atoms with Gasteiger partial charge in [-0.2, -0.15) is 0 Å². The number of hydrogen-bond acceptors (Lipinski definition) is 6. The van der Waals surface area contributed by atoms with Crippen molar-refractivity contribution in [3.05, 3.63) is 64.6 Å². The molecule has 0 amide bonds. The van der Waals surface area contributed by atoms with Crippen LogP contribution in [0.4, 0.5) is 10.2 Å². The zero-order chi connectivity index (χ0) is 23.1. The van der Waals surface area contributed by atoms with E-state index in [0.29, 0.717) is 22.8 Å². The lowest BCUT2D eigenvalue weighted by molar-refractivity contribution is 0.419. The summed E-state index contributed by atoms with van der Waals surface area (Å²) in [6.07, 6.45) is 9.18. The normalized spacial score (nSPS) is 13.3. The maximum Gasteiger partial charge on any atom is 0.145 e. The van der Waals surface area contributed by atoms with Gasteiger partial charge >= 0.3 is 0 Å². The molecule has 0 fully saturated rings. The average Bonchev–Trinajstić information content (AvgIpc) is 2.79. The average molecular weight is 453 g/mol. The molecular weight excluding hydrogens is 423 g/mol. The van der Waals surface area contributed by atoms with E-state index in [1.165, 1.54) is 28.4 Å². The molecule has 0 aliphatic rings. The van der Waals surface area contributed by atoms with E-state index in [-0.39, 0.29) is 11.9 Å². The molecule has 5 nitrogen and oxygen atoms in total. The molecule has 168 valence electrons. The zero-order valence-electron chi connectivity index (χ0n) is 19.1. The Labute approximate surface area is 193 Å². The molecule has 1 aromatic carbocycles. The number of thioether (sulfide) groups is 1. The Morgan fingerprint density at radius 2 is 1.94 bits per heavy atom. The van der Waals surface area contributed by atoms with Gasteiger partial charge in [0.2, 0.25) is 0 Å². The van der Waals surface area contributed by atoms with Gasteiger partial charge in [-0.25, -0.2) is 14.4 Å². The topological polar surface area (TPSA) is 59.9 Å². The van der Waals surface area contributed by atoms with E-state index in [1.54, 1.807) is 24.9 Å². The smallest absolute Gasteiger partial charge is 0.145 e.